The first-order valence-electron chi connectivity index (χ1n) is 6.48. The second kappa shape index (κ2) is 5.14. The van der Waals surface area contributed by atoms with Crippen LogP contribution in [0.15, 0.2) is 0 Å². The lowest BCUT2D eigenvalue weighted by atomic mass is 9.82. The highest BCUT2D eigenvalue weighted by molar-refractivity contribution is 6.09. The Bertz CT molecular complexity index is 407. The summed E-state index contributed by atoms with van der Waals surface area (Å²) in [4.78, 5) is 35.7. The molecule has 1 N–H and O–H groups in total. The molecule has 1 saturated carbocycles. The molecule has 0 aromatic rings. The third-order valence-electron chi connectivity index (χ3n) is 3.61. The van der Waals surface area contributed by atoms with Crippen molar-refractivity contribution < 1.29 is 23.5 Å². The van der Waals surface area contributed by atoms with Gasteiger partial charge in [0.15, 0.2) is 0 Å². The molecule has 0 aromatic heterocycles. The number of amides is 3. The quantitative estimate of drug-likeness (QED) is 0.474. The normalized spacial score (nSPS) is 23.4. The van der Waals surface area contributed by atoms with Crippen LogP contribution in [-0.4, -0.2) is 41.2 Å². The first-order chi connectivity index (χ1) is 9.02. The zero-order valence-corrected chi connectivity index (χ0v) is 10.8. The Kier molecular flexibility index (Phi) is 3.73. The van der Waals surface area contributed by atoms with E-state index in [1.807, 2.05) is 0 Å². The van der Waals surface area contributed by atoms with Crippen LogP contribution in [0, 0.1) is 0 Å². The van der Waals surface area contributed by atoms with Crippen molar-refractivity contribution >= 4 is 17.9 Å². The van der Waals surface area contributed by atoms with E-state index in [4.69, 9.17) is 0 Å². The van der Waals surface area contributed by atoms with Crippen LogP contribution in [0.25, 0.3) is 0 Å². The molecule has 1 aliphatic heterocycles. The van der Waals surface area contributed by atoms with Gasteiger partial charge in [-0.15, -0.1) is 0 Å². The first kappa shape index (κ1) is 13.8. The van der Waals surface area contributed by atoms with Gasteiger partial charge in [-0.3, -0.25) is 4.79 Å². The van der Waals surface area contributed by atoms with Crippen molar-refractivity contribution in [2.24, 2.45) is 0 Å². The summed E-state index contributed by atoms with van der Waals surface area (Å²) in [6.07, 6.45) is 1.20. The van der Waals surface area contributed by atoms with Gasteiger partial charge in [0.1, 0.15) is 5.54 Å². The highest BCUT2D eigenvalue weighted by Gasteiger charge is 2.55. The first-order valence-corrected chi connectivity index (χ1v) is 6.48. The third-order valence-corrected chi connectivity index (χ3v) is 3.61. The molecule has 7 heteroatoms. The zero-order valence-electron chi connectivity index (χ0n) is 10.8. The van der Waals surface area contributed by atoms with E-state index in [2.05, 4.69) is 10.1 Å². The summed E-state index contributed by atoms with van der Waals surface area (Å²) in [7, 11) is 0. The summed E-state index contributed by atoms with van der Waals surface area (Å²) in [6, 6.07) is -0.854. The summed E-state index contributed by atoms with van der Waals surface area (Å²) in [6.45, 7) is 1.52. The number of rotatable bonds is 3. The van der Waals surface area contributed by atoms with Gasteiger partial charge in [0.25, 0.3) is 12.2 Å². The van der Waals surface area contributed by atoms with Gasteiger partial charge in [0.05, 0.1) is 6.61 Å². The number of hydrogen-bond donors (Lipinski definition) is 1. The molecule has 1 unspecified atom stereocenters. The van der Waals surface area contributed by atoms with Crippen molar-refractivity contribution in [3.8, 4) is 0 Å². The number of ether oxygens (including phenoxy) is 1. The molecule has 106 valence electrons. The molecule has 0 aromatic carbocycles. The second-order valence-electron chi connectivity index (χ2n) is 4.84. The largest absolute Gasteiger partial charge is 0.462 e. The third kappa shape index (κ3) is 2.29. The number of hydrogen-bond acceptors (Lipinski definition) is 4. The van der Waals surface area contributed by atoms with E-state index in [-0.39, 0.29) is 6.61 Å². The van der Waals surface area contributed by atoms with Crippen molar-refractivity contribution in [3.63, 3.8) is 0 Å². The topological polar surface area (TPSA) is 75.7 Å². The molecule has 1 spiro atoms. The minimum atomic E-state index is -2.37. The minimum Gasteiger partial charge on any atom is -0.462 e. The Hall–Kier alpha value is -1.66. The van der Waals surface area contributed by atoms with Gasteiger partial charge in [-0.05, 0) is 19.8 Å². The number of urea groups is 1. The lowest BCUT2D eigenvalue weighted by molar-refractivity contribution is -0.159. The number of imide groups is 1. The van der Waals surface area contributed by atoms with Gasteiger partial charge >= 0.3 is 12.0 Å². The molecule has 1 aliphatic carbocycles. The van der Waals surface area contributed by atoms with Crippen LogP contribution in [0.2, 0.25) is 0 Å². The van der Waals surface area contributed by atoms with Crippen LogP contribution < -0.4 is 5.32 Å². The van der Waals surface area contributed by atoms with Gasteiger partial charge in [0, 0.05) is 0 Å². The molecule has 2 fully saturated rings. The van der Waals surface area contributed by atoms with E-state index in [9.17, 15) is 18.8 Å². The lowest BCUT2D eigenvalue weighted by Crippen LogP contribution is -2.49. The van der Waals surface area contributed by atoms with Crippen LogP contribution in [0.1, 0.15) is 39.0 Å². The summed E-state index contributed by atoms with van der Waals surface area (Å²) in [5.41, 5.74) is -1.02. The standard InChI is InChI=1S/C12H17FN2O4/c1-2-19-9(16)8(13)15-10(17)12(14-11(15)18)6-4-3-5-7-12/h8H,2-7H2,1H3,(H,14,18). The maximum atomic E-state index is 13.9. The number of carbonyl (C=O) groups is 3. The van der Waals surface area contributed by atoms with Crippen molar-refractivity contribution in [1.82, 2.24) is 10.2 Å². The van der Waals surface area contributed by atoms with Crippen LogP contribution in [-0.2, 0) is 14.3 Å². The average molecular weight is 272 g/mol. The Morgan fingerprint density at radius 2 is 2.05 bits per heavy atom. The molecule has 1 saturated heterocycles. The van der Waals surface area contributed by atoms with Crippen molar-refractivity contribution in [2.45, 2.75) is 50.9 Å². The van der Waals surface area contributed by atoms with Gasteiger partial charge in [0.2, 0.25) is 0 Å². The van der Waals surface area contributed by atoms with Crippen LogP contribution >= 0.6 is 0 Å². The number of nitrogens with one attached hydrogen (secondary N) is 1. The molecule has 19 heavy (non-hydrogen) atoms. The number of nitrogens with zero attached hydrogens (tertiary/aromatic N) is 1. The highest BCUT2D eigenvalue weighted by atomic mass is 19.1. The van der Waals surface area contributed by atoms with Crippen LogP contribution in [0.5, 0.6) is 0 Å². The highest BCUT2D eigenvalue weighted by Crippen LogP contribution is 2.34. The van der Waals surface area contributed by atoms with Crippen molar-refractivity contribution in [1.29, 1.82) is 0 Å². The van der Waals surface area contributed by atoms with E-state index >= 15 is 0 Å². The predicted molar refractivity (Wildman–Crippen MR) is 62.7 cm³/mol. The van der Waals surface area contributed by atoms with Gasteiger partial charge in [-0.2, -0.15) is 0 Å². The zero-order chi connectivity index (χ0) is 14.0. The number of alkyl halides is 1. The molecule has 0 radical (unpaired) electrons. The molecule has 2 aliphatic rings. The molecule has 1 atom stereocenters. The SMILES string of the molecule is CCOC(=O)C(F)N1C(=O)NC2(CCCCC2)C1=O. The molecular formula is C12H17FN2O4. The molecule has 2 rings (SSSR count). The summed E-state index contributed by atoms with van der Waals surface area (Å²) in [5, 5.41) is 2.54. The summed E-state index contributed by atoms with van der Waals surface area (Å²) in [5.74, 6) is -1.86. The molecule has 3 amide bonds. The van der Waals surface area contributed by atoms with Gasteiger partial charge < -0.3 is 10.1 Å². The van der Waals surface area contributed by atoms with E-state index < -0.39 is 29.7 Å². The Labute approximate surface area is 110 Å². The molecule has 0 bridgehead atoms. The maximum absolute atomic E-state index is 13.9. The average Bonchev–Trinajstić information content (AvgIpc) is 2.61. The van der Waals surface area contributed by atoms with E-state index in [0.29, 0.717) is 17.7 Å². The van der Waals surface area contributed by atoms with E-state index in [0.717, 1.165) is 19.3 Å². The summed E-state index contributed by atoms with van der Waals surface area (Å²) < 4.78 is 18.4. The number of halogens is 1. The molecule has 6 nitrogen and oxygen atoms in total. The van der Waals surface area contributed by atoms with Gasteiger partial charge in [-0.25, -0.2) is 18.9 Å². The number of esters is 1. The van der Waals surface area contributed by atoms with E-state index in [1.165, 1.54) is 6.92 Å². The Morgan fingerprint density at radius 1 is 1.42 bits per heavy atom. The fourth-order valence-corrected chi connectivity index (χ4v) is 2.66. The van der Waals surface area contributed by atoms with Crippen LogP contribution in [0.3, 0.4) is 0 Å². The van der Waals surface area contributed by atoms with Crippen LogP contribution in [0.4, 0.5) is 9.18 Å². The fourth-order valence-electron chi connectivity index (χ4n) is 2.66. The van der Waals surface area contributed by atoms with Crippen molar-refractivity contribution in [3.05, 3.63) is 0 Å². The van der Waals surface area contributed by atoms with E-state index in [1.54, 1.807) is 0 Å². The number of carbonyl (C=O) groups excluding carboxylic acids is 3. The lowest BCUT2D eigenvalue weighted by Gasteiger charge is -2.30. The fraction of sp³-hybridized carbons (Fsp3) is 0.750. The van der Waals surface area contributed by atoms with Gasteiger partial charge in [-0.1, -0.05) is 19.3 Å². The monoisotopic (exact) mass is 272 g/mol. The Morgan fingerprint density at radius 3 is 2.63 bits per heavy atom. The minimum absolute atomic E-state index is 0.00591. The van der Waals surface area contributed by atoms with Crippen molar-refractivity contribution in [2.75, 3.05) is 6.61 Å². The molecular weight excluding hydrogens is 255 g/mol. The Balaban J connectivity index is 2.16. The smallest absolute Gasteiger partial charge is 0.362 e. The maximum Gasteiger partial charge on any atom is 0.362 e. The summed E-state index contributed by atoms with van der Waals surface area (Å²) >= 11 is 0. The second-order valence-corrected chi connectivity index (χ2v) is 4.84. The molecule has 1 heterocycles. The predicted octanol–water partition coefficient (Wildman–Crippen LogP) is 1.10.